The molecule has 0 saturated carbocycles. The average molecular weight is 197 g/mol. The van der Waals surface area contributed by atoms with E-state index in [0.29, 0.717) is 18.4 Å². The number of hydrogen-bond donors (Lipinski definition) is 3. The number of hydrogen-bond acceptors (Lipinski definition) is 4. The van der Waals surface area contributed by atoms with Gasteiger partial charge in [0.1, 0.15) is 5.82 Å². The van der Waals surface area contributed by atoms with Crippen molar-refractivity contribution in [1.29, 1.82) is 0 Å². The minimum atomic E-state index is -0.846. The number of nitrogens with zero attached hydrogens (tertiary/aromatic N) is 1. The van der Waals surface area contributed by atoms with E-state index >= 15 is 0 Å². The predicted molar refractivity (Wildman–Crippen MR) is 49.8 cm³/mol. The molecule has 4 N–H and O–H groups in total. The lowest BCUT2D eigenvalue weighted by Crippen LogP contribution is -2.14. The van der Waals surface area contributed by atoms with Crippen molar-refractivity contribution in [2.45, 2.75) is 19.3 Å². The van der Waals surface area contributed by atoms with E-state index in [2.05, 4.69) is 9.97 Å². The number of nitrogens with one attached hydrogen (secondary N) is 1. The van der Waals surface area contributed by atoms with Gasteiger partial charge in [-0.15, -0.1) is 0 Å². The second-order valence-corrected chi connectivity index (χ2v) is 2.87. The maximum absolute atomic E-state index is 10.7. The molecule has 0 saturated heterocycles. The Balaban J connectivity index is 2.59. The molecule has 0 aliphatic rings. The number of nitrogens with two attached hydrogens (primary N) is 1. The number of aromatic amines is 1. The Bertz CT molecular complexity index is 386. The predicted octanol–water partition coefficient (Wildman–Crippen LogP) is -0.241. The zero-order chi connectivity index (χ0) is 10.6. The number of aliphatic carboxylic acids is 1. The minimum Gasteiger partial charge on any atom is -0.481 e. The second kappa shape index (κ2) is 4.40. The van der Waals surface area contributed by atoms with E-state index in [1.807, 2.05) is 0 Å². The summed E-state index contributed by atoms with van der Waals surface area (Å²) < 4.78 is 0. The van der Waals surface area contributed by atoms with Gasteiger partial charge in [-0.1, -0.05) is 0 Å². The van der Waals surface area contributed by atoms with E-state index in [1.165, 1.54) is 6.20 Å². The van der Waals surface area contributed by atoms with Gasteiger partial charge in [-0.25, -0.2) is 9.78 Å². The van der Waals surface area contributed by atoms with Crippen molar-refractivity contribution < 1.29 is 9.90 Å². The smallest absolute Gasteiger partial charge is 0.346 e. The molecule has 1 heterocycles. The molecule has 76 valence electrons. The van der Waals surface area contributed by atoms with Gasteiger partial charge in [0, 0.05) is 18.2 Å². The Labute approximate surface area is 79.8 Å². The Morgan fingerprint density at radius 1 is 1.64 bits per heavy atom. The van der Waals surface area contributed by atoms with Crippen LogP contribution in [0.4, 0.5) is 5.82 Å². The van der Waals surface area contributed by atoms with Gasteiger partial charge in [-0.05, 0) is 12.8 Å². The summed E-state index contributed by atoms with van der Waals surface area (Å²) in [6.07, 6.45) is 2.43. The van der Waals surface area contributed by atoms with Crippen molar-refractivity contribution in [3.05, 3.63) is 22.2 Å². The molecule has 0 aliphatic carbocycles. The van der Waals surface area contributed by atoms with Gasteiger partial charge < -0.3 is 10.8 Å². The number of anilines is 1. The fourth-order valence-corrected chi connectivity index (χ4v) is 1.06. The molecule has 0 amide bonds. The van der Waals surface area contributed by atoms with Crippen molar-refractivity contribution in [2.24, 2.45) is 0 Å². The van der Waals surface area contributed by atoms with E-state index in [1.54, 1.807) is 0 Å². The molecule has 1 rings (SSSR count). The fraction of sp³-hybridized carbons (Fsp3) is 0.375. The summed E-state index contributed by atoms with van der Waals surface area (Å²) in [5.41, 5.74) is 5.67. The third-order valence-corrected chi connectivity index (χ3v) is 1.76. The van der Waals surface area contributed by atoms with Crippen LogP contribution < -0.4 is 11.4 Å². The summed E-state index contributed by atoms with van der Waals surface area (Å²) in [6, 6.07) is 0. The highest BCUT2D eigenvalue weighted by Crippen LogP contribution is 2.07. The molecule has 0 unspecified atom stereocenters. The second-order valence-electron chi connectivity index (χ2n) is 2.87. The topological polar surface area (TPSA) is 109 Å². The number of carboxylic acid groups (broad SMARTS) is 1. The summed E-state index contributed by atoms with van der Waals surface area (Å²) in [6.45, 7) is 0. The Kier molecular flexibility index (Phi) is 3.22. The van der Waals surface area contributed by atoms with E-state index in [-0.39, 0.29) is 12.2 Å². The van der Waals surface area contributed by atoms with E-state index < -0.39 is 11.7 Å². The van der Waals surface area contributed by atoms with Gasteiger partial charge in [-0.2, -0.15) is 0 Å². The first-order valence-electron chi connectivity index (χ1n) is 4.15. The molecule has 1 aromatic rings. The van der Waals surface area contributed by atoms with Crippen LogP contribution in [0.1, 0.15) is 18.4 Å². The van der Waals surface area contributed by atoms with Crippen LogP contribution in [0.3, 0.4) is 0 Å². The molecule has 0 aromatic carbocycles. The molecule has 0 bridgehead atoms. The molecule has 14 heavy (non-hydrogen) atoms. The molecule has 0 atom stereocenters. The highest BCUT2D eigenvalue weighted by molar-refractivity contribution is 5.66. The van der Waals surface area contributed by atoms with Gasteiger partial charge in [0.15, 0.2) is 0 Å². The Morgan fingerprint density at radius 3 is 2.93 bits per heavy atom. The molecule has 6 heteroatoms. The molecule has 6 nitrogen and oxygen atoms in total. The van der Waals surface area contributed by atoms with Crippen LogP contribution in [0.25, 0.3) is 0 Å². The lowest BCUT2D eigenvalue weighted by molar-refractivity contribution is -0.137. The van der Waals surface area contributed by atoms with E-state index in [9.17, 15) is 9.59 Å². The third kappa shape index (κ3) is 2.89. The highest BCUT2D eigenvalue weighted by atomic mass is 16.4. The first kappa shape index (κ1) is 10.2. The molecule has 0 spiro atoms. The minimum absolute atomic E-state index is 0.0819. The number of nitrogen functional groups attached to an aromatic ring is 1. The van der Waals surface area contributed by atoms with Gasteiger partial charge >= 0.3 is 11.7 Å². The van der Waals surface area contributed by atoms with Crippen LogP contribution in [0.2, 0.25) is 0 Å². The average Bonchev–Trinajstić information content (AvgIpc) is 2.08. The standard InChI is InChI=1S/C8H11N3O3/c9-7-5(2-1-3-6(12)13)4-10-8(14)11-7/h4H,1-3H2,(H,12,13)(H3,9,10,11,14). The summed E-state index contributed by atoms with van der Waals surface area (Å²) in [5.74, 6) is -0.587. The first-order valence-corrected chi connectivity index (χ1v) is 4.15. The summed E-state index contributed by atoms with van der Waals surface area (Å²) in [7, 11) is 0. The van der Waals surface area contributed by atoms with Crippen LogP contribution >= 0.6 is 0 Å². The van der Waals surface area contributed by atoms with Gasteiger partial charge in [0.05, 0.1) is 0 Å². The number of rotatable bonds is 4. The van der Waals surface area contributed by atoms with E-state index in [0.717, 1.165) is 0 Å². The molecular formula is C8H11N3O3. The van der Waals surface area contributed by atoms with Crippen LogP contribution in [0.15, 0.2) is 11.0 Å². The number of aryl methyl sites for hydroxylation is 1. The lowest BCUT2D eigenvalue weighted by atomic mass is 10.1. The quantitative estimate of drug-likeness (QED) is 0.617. The van der Waals surface area contributed by atoms with Crippen molar-refractivity contribution in [3.8, 4) is 0 Å². The number of carboxylic acids is 1. The Hall–Kier alpha value is -1.85. The van der Waals surface area contributed by atoms with Crippen molar-refractivity contribution >= 4 is 11.8 Å². The van der Waals surface area contributed by atoms with Gasteiger partial charge in [0.25, 0.3) is 0 Å². The summed E-state index contributed by atoms with van der Waals surface area (Å²) in [4.78, 5) is 26.7. The van der Waals surface area contributed by atoms with E-state index in [4.69, 9.17) is 10.8 Å². The SMILES string of the molecule is Nc1[nH]c(=O)ncc1CCCC(=O)O. The van der Waals surface area contributed by atoms with Crippen LogP contribution in [-0.2, 0) is 11.2 Å². The maximum Gasteiger partial charge on any atom is 0.346 e. The van der Waals surface area contributed by atoms with Crippen LogP contribution in [-0.4, -0.2) is 21.0 Å². The summed E-state index contributed by atoms with van der Waals surface area (Å²) >= 11 is 0. The third-order valence-electron chi connectivity index (χ3n) is 1.76. The van der Waals surface area contributed by atoms with Gasteiger partial charge in [0.2, 0.25) is 0 Å². The largest absolute Gasteiger partial charge is 0.481 e. The van der Waals surface area contributed by atoms with Crippen LogP contribution in [0.5, 0.6) is 0 Å². The molecule has 1 aromatic heterocycles. The number of H-pyrrole nitrogens is 1. The monoisotopic (exact) mass is 197 g/mol. The van der Waals surface area contributed by atoms with Crippen molar-refractivity contribution in [2.75, 3.05) is 5.73 Å². The normalized spacial score (nSPS) is 10.0. The molecule has 0 fully saturated rings. The molecular weight excluding hydrogens is 186 g/mol. The fourth-order valence-electron chi connectivity index (χ4n) is 1.06. The first-order chi connectivity index (χ1) is 6.59. The number of aromatic nitrogens is 2. The molecule has 0 radical (unpaired) electrons. The maximum atomic E-state index is 10.7. The Morgan fingerprint density at radius 2 is 2.36 bits per heavy atom. The lowest BCUT2D eigenvalue weighted by Gasteiger charge is -2.01. The highest BCUT2D eigenvalue weighted by Gasteiger charge is 2.02. The van der Waals surface area contributed by atoms with Crippen molar-refractivity contribution in [1.82, 2.24) is 9.97 Å². The molecule has 0 aliphatic heterocycles. The summed E-state index contributed by atoms with van der Waals surface area (Å²) in [5, 5.41) is 8.40. The zero-order valence-electron chi connectivity index (χ0n) is 7.49. The van der Waals surface area contributed by atoms with Gasteiger partial charge in [-0.3, -0.25) is 9.78 Å². The van der Waals surface area contributed by atoms with Crippen molar-refractivity contribution in [3.63, 3.8) is 0 Å². The van der Waals surface area contributed by atoms with Crippen LogP contribution in [0, 0.1) is 0 Å². The number of carbonyl (C=O) groups is 1. The zero-order valence-corrected chi connectivity index (χ0v) is 7.49.